The summed E-state index contributed by atoms with van der Waals surface area (Å²) in [6.07, 6.45) is 0.698. The first kappa shape index (κ1) is 12.1. The number of carbonyl (C=O) groups excluding carboxylic acids is 1. The first-order valence-corrected chi connectivity index (χ1v) is 5.58. The lowest BCUT2D eigenvalue weighted by molar-refractivity contribution is 0.0600. The van der Waals surface area contributed by atoms with E-state index in [4.69, 9.17) is 0 Å². The second-order valence-electron chi connectivity index (χ2n) is 3.00. The molecule has 1 aromatic carbocycles. The van der Waals surface area contributed by atoms with Crippen LogP contribution >= 0.6 is 11.8 Å². The summed E-state index contributed by atoms with van der Waals surface area (Å²) < 4.78 is 4.58. The third-order valence-electron chi connectivity index (χ3n) is 1.90. The van der Waals surface area contributed by atoms with Gasteiger partial charge in [0.2, 0.25) is 0 Å². The van der Waals surface area contributed by atoms with Gasteiger partial charge in [-0.05, 0) is 30.7 Å². The summed E-state index contributed by atoms with van der Waals surface area (Å²) in [6, 6.07) is 6.98. The van der Waals surface area contributed by atoms with Gasteiger partial charge in [0.25, 0.3) is 0 Å². The monoisotopic (exact) mass is 226 g/mol. The Bertz CT molecular complexity index is 321. The van der Waals surface area contributed by atoms with Crippen molar-refractivity contribution in [2.24, 2.45) is 0 Å². The predicted molar refractivity (Wildman–Crippen MR) is 59.9 cm³/mol. The Morgan fingerprint density at radius 2 is 2.07 bits per heavy atom. The van der Waals surface area contributed by atoms with Gasteiger partial charge in [0.05, 0.1) is 12.7 Å². The summed E-state index contributed by atoms with van der Waals surface area (Å²) in [5.74, 6) is -0.345. The highest BCUT2D eigenvalue weighted by Crippen LogP contribution is 2.23. The number of aliphatic hydroxyl groups is 1. The average molecular weight is 226 g/mol. The topological polar surface area (TPSA) is 46.5 Å². The smallest absolute Gasteiger partial charge is 0.337 e. The average Bonchev–Trinajstić information content (AvgIpc) is 2.29. The van der Waals surface area contributed by atoms with Crippen molar-refractivity contribution in [2.45, 2.75) is 23.7 Å². The number of aliphatic hydroxyl groups excluding tert-OH is 1. The fourth-order valence-corrected chi connectivity index (χ4v) is 1.80. The molecule has 3 nitrogen and oxygen atoms in total. The van der Waals surface area contributed by atoms with Crippen molar-refractivity contribution < 1.29 is 14.6 Å². The molecular weight excluding hydrogens is 212 g/mol. The SMILES string of the molecule is CCC(O)Sc1ccc(C(=O)OC)cc1. The normalized spacial score (nSPS) is 12.2. The summed E-state index contributed by atoms with van der Waals surface area (Å²) in [6.45, 7) is 1.92. The molecule has 0 amide bonds. The molecule has 0 aliphatic rings. The van der Waals surface area contributed by atoms with Crippen LogP contribution in [0.4, 0.5) is 0 Å². The first-order valence-electron chi connectivity index (χ1n) is 4.70. The van der Waals surface area contributed by atoms with Crippen LogP contribution in [0.5, 0.6) is 0 Å². The summed E-state index contributed by atoms with van der Waals surface area (Å²) in [7, 11) is 1.35. The maximum atomic E-state index is 11.1. The molecule has 0 aliphatic heterocycles. The quantitative estimate of drug-likeness (QED) is 0.486. The Hall–Kier alpha value is -1.00. The highest BCUT2D eigenvalue weighted by Gasteiger charge is 2.06. The van der Waals surface area contributed by atoms with E-state index in [1.165, 1.54) is 18.9 Å². The van der Waals surface area contributed by atoms with Crippen LogP contribution in [0.2, 0.25) is 0 Å². The standard InChI is InChI=1S/C11H14O3S/c1-3-10(12)15-9-6-4-8(5-7-9)11(13)14-2/h4-7,10,12H,3H2,1-2H3. The van der Waals surface area contributed by atoms with Gasteiger partial charge in [0.1, 0.15) is 5.44 Å². The van der Waals surface area contributed by atoms with Crippen LogP contribution in [0.1, 0.15) is 23.7 Å². The molecule has 1 rings (SSSR count). The highest BCUT2D eigenvalue weighted by atomic mass is 32.2. The van der Waals surface area contributed by atoms with Crippen molar-refractivity contribution in [1.82, 2.24) is 0 Å². The van der Waals surface area contributed by atoms with Gasteiger partial charge in [-0.15, -0.1) is 0 Å². The molecule has 0 aliphatic carbocycles. The maximum absolute atomic E-state index is 11.1. The van der Waals surface area contributed by atoms with Crippen molar-refractivity contribution in [3.8, 4) is 0 Å². The zero-order valence-corrected chi connectivity index (χ0v) is 9.58. The number of rotatable bonds is 4. The number of thioether (sulfide) groups is 1. The van der Waals surface area contributed by atoms with E-state index in [1.54, 1.807) is 24.3 Å². The molecule has 0 saturated carbocycles. The molecule has 0 bridgehead atoms. The summed E-state index contributed by atoms with van der Waals surface area (Å²) >= 11 is 1.38. The van der Waals surface area contributed by atoms with Crippen molar-refractivity contribution in [3.05, 3.63) is 29.8 Å². The molecule has 0 saturated heterocycles. The number of esters is 1. The summed E-state index contributed by atoms with van der Waals surface area (Å²) in [4.78, 5) is 12.1. The van der Waals surface area contributed by atoms with E-state index >= 15 is 0 Å². The Morgan fingerprint density at radius 1 is 1.47 bits per heavy atom. The molecule has 15 heavy (non-hydrogen) atoms. The van der Waals surface area contributed by atoms with Crippen molar-refractivity contribution in [1.29, 1.82) is 0 Å². The van der Waals surface area contributed by atoms with Gasteiger partial charge in [-0.2, -0.15) is 0 Å². The minimum atomic E-state index is -0.394. The fourth-order valence-electron chi connectivity index (χ4n) is 1.03. The highest BCUT2D eigenvalue weighted by molar-refractivity contribution is 7.99. The van der Waals surface area contributed by atoms with E-state index in [0.29, 0.717) is 12.0 Å². The zero-order chi connectivity index (χ0) is 11.3. The van der Waals surface area contributed by atoms with Gasteiger partial charge >= 0.3 is 5.97 Å². The number of methoxy groups -OCH3 is 1. The van der Waals surface area contributed by atoms with Gasteiger partial charge in [-0.25, -0.2) is 4.79 Å². The van der Waals surface area contributed by atoms with Crippen LogP contribution in [0.25, 0.3) is 0 Å². The summed E-state index contributed by atoms with van der Waals surface area (Å²) in [5.41, 5.74) is 0.127. The van der Waals surface area contributed by atoms with Crippen molar-refractivity contribution in [3.63, 3.8) is 0 Å². The van der Waals surface area contributed by atoms with E-state index in [0.717, 1.165) is 4.90 Å². The van der Waals surface area contributed by atoms with Crippen LogP contribution in [-0.2, 0) is 4.74 Å². The Morgan fingerprint density at radius 3 is 2.53 bits per heavy atom. The Kier molecular flexibility index (Phi) is 4.65. The van der Waals surface area contributed by atoms with E-state index < -0.39 is 5.44 Å². The largest absolute Gasteiger partial charge is 0.465 e. The Labute approximate surface area is 93.4 Å². The van der Waals surface area contributed by atoms with Crippen LogP contribution in [-0.4, -0.2) is 23.6 Å². The predicted octanol–water partition coefficient (Wildman–Crippen LogP) is 2.29. The number of benzene rings is 1. The molecule has 0 aromatic heterocycles. The lowest BCUT2D eigenvalue weighted by atomic mass is 10.2. The maximum Gasteiger partial charge on any atom is 0.337 e. The van der Waals surface area contributed by atoms with E-state index in [-0.39, 0.29) is 5.97 Å². The number of carbonyl (C=O) groups is 1. The molecule has 1 aromatic rings. The molecule has 0 spiro atoms. The minimum absolute atomic E-state index is 0.345. The molecule has 1 atom stereocenters. The lowest BCUT2D eigenvalue weighted by Crippen LogP contribution is -2.01. The fraction of sp³-hybridized carbons (Fsp3) is 0.364. The summed E-state index contributed by atoms with van der Waals surface area (Å²) in [5, 5.41) is 9.41. The van der Waals surface area contributed by atoms with Crippen molar-refractivity contribution in [2.75, 3.05) is 7.11 Å². The van der Waals surface area contributed by atoms with Crippen LogP contribution in [0, 0.1) is 0 Å². The van der Waals surface area contributed by atoms with Crippen molar-refractivity contribution >= 4 is 17.7 Å². The minimum Gasteiger partial charge on any atom is -0.465 e. The van der Waals surface area contributed by atoms with E-state index in [2.05, 4.69) is 4.74 Å². The first-order chi connectivity index (χ1) is 7.17. The number of ether oxygens (including phenoxy) is 1. The van der Waals surface area contributed by atoms with E-state index in [1.807, 2.05) is 6.92 Å². The van der Waals surface area contributed by atoms with Gasteiger partial charge in [0.15, 0.2) is 0 Å². The van der Waals surface area contributed by atoms with Crippen LogP contribution in [0.15, 0.2) is 29.2 Å². The molecule has 0 heterocycles. The molecule has 4 heteroatoms. The van der Waals surface area contributed by atoms with Gasteiger partial charge in [-0.3, -0.25) is 0 Å². The second kappa shape index (κ2) is 5.78. The molecule has 0 fully saturated rings. The molecule has 0 radical (unpaired) electrons. The molecule has 1 N–H and O–H groups in total. The van der Waals surface area contributed by atoms with E-state index in [9.17, 15) is 9.90 Å². The third-order valence-corrected chi connectivity index (χ3v) is 3.05. The van der Waals surface area contributed by atoms with Crippen LogP contribution in [0.3, 0.4) is 0 Å². The van der Waals surface area contributed by atoms with Gasteiger partial charge in [-0.1, -0.05) is 18.7 Å². The second-order valence-corrected chi connectivity index (χ2v) is 4.25. The van der Waals surface area contributed by atoms with Crippen LogP contribution < -0.4 is 0 Å². The van der Waals surface area contributed by atoms with Gasteiger partial charge in [0, 0.05) is 4.90 Å². The van der Waals surface area contributed by atoms with Gasteiger partial charge < -0.3 is 9.84 Å². The number of hydrogen-bond donors (Lipinski definition) is 1. The molecule has 1 unspecified atom stereocenters. The zero-order valence-electron chi connectivity index (χ0n) is 8.77. The molecule has 82 valence electrons. The Balaban J connectivity index is 2.68. The molecular formula is C11H14O3S. The third kappa shape index (κ3) is 3.57. The number of hydrogen-bond acceptors (Lipinski definition) is 4. The lowest BCUT2D eigenvalue weighted by Gasteiger charge is -2.07.